The summed E-state index contributed by atoms with van der Waals surface area (Å²) in [5.41, 5.74) is 0.412. The Kier molecular flexibility index (Phi) is 1.92. The van der Waals surface area contributed by atoms with Crippen LogP contribution in [-0.2, 0) is 0 Å². The molecule has 0 radical (unpaired) electrons. The fourth-order valence-corrected chi connectivity index (χ4v) is 2.43. The van der Waals surface area contributed by atoms with Crippen molar-refractivity contribution in [2.45, 2.75) is 44.9 Å². The Bertz CT molecular complexity index is 132. The lowest BCUT2D eigenvalue weighted by atomic mass is 9.91. The Morgan fingerprint density at radius 2 is 1.82 bits per heavy atom. The summed E-state index contributed by atoms with van der Waals surface area (Å²) >= 11 is 0. The van der Waals surface area contributed by atoms with Crippen molar-refractivity contribution in [1.82, 2.24) is 0 Å². The molecule has 64 valence electrons. The number of aliphatic hydroxyl groups excluding tert-OH is 1. The van der Waals surface area contributed by atoms with Gasteiger partial charge in [-0.25, -0.2) is 0 Å². The van der Waals surface area contributed by atoms with Crippen molar-refractivity contribution in [2.24, 2.45) is 11.3 Å². The molecular formula is C10H18O. The molecular weight excluding hydrogens is 136 g/mol. The van der Waals surface area contributed by atoms with Crippen LogP contribution in [0.3, 0.4) is 0 Å². The zero-order chi connectivity index (χ0) is 7.73. The van der Waals surface area contributed by atoms with Crippen molar-refractivity contribution in [2.75, 3.05) is 6.61 Å². The van der Waals surface area contributed by atoms with E-state index in [2.05, 4.69) is 0 Å². The molecule has 2 aliphatic rings. The molecule has 11 heavy (non-hydrogen) atoms. The van der Waals surface area contributed by atoms with Gasteiger partial charge in [0.1, 0.15) is 0 Å². The first-order chi connectivity index (χ1) is 5.35. The molecule has 0 amide bonds. The molecule has 1 N–H and O–H groups in total. The van der Waals surface area contributed by atoms with Crippen molar-refractivity contribution >= 4 is 0 Å². The third-order valence-corrected chi connectivity index (χ3v) is 3.49. The smallest absolute Gasteiger partial charge is 0.0487 e. The predicted molar refractivity (Wildman–Crippen MR) is 45.3 cm³/mol. The van der Waals surface area contributed by atoms with Gasteiger partial charge in [-0.15, -0.1) is 0 Å². The van der Waals surface area contributed by atoms with Crippen molar-refractivity contribution in [3.63, 3.8) is 0 Å². The zero-order valence-corrected chi connectivity index (χ0v) is 7.18. The van der Waals surface area contributed by atoms with E-state index in [0.29, 0.717) is 12.0 Å². The summed E-state index contributed by atoms with van der Waals surface area (Å²) in [7, 11) is 0. The predicted octanol–water partition coefficient (Wildman–Crippen LogP) is 2.34. The van der Waals surface area contributed by atoms with Gasteiger partial charge in [0, 0.05) is 6.61 Å². The highest BCUT2D eigenvalue weighted by Crippen LogP contribution is 2.52. The van der Waals surface area contributed by atoms with Crippen molar-refractivity contribution < 1.29 is 5.11 Å². The Hall–Kier alpha value is -0.0400. The Labute approximate surface area is 68.8 Å². The van der Waals surface area contributed by atoms with Gasteiger partial charge in [0.25, 0.3) is 0 Å². The maximum atomic E-state index is 9.12. The minimum atomic E-state index is 0.412. The minimum absolute atomic E-state index is 0.412. The molecule has 0 aromatic rings. The number of hydrogen-bond donors (Lipinski definition) is 1. The van der Waals surface area contributed by atoms with Crippen LogP contribution in [0.25, 0.3) is 0 Å². The lowest BCUT2D eigenvalue weighted by Crippen LogP contribution is -2.11. The molecule has 0 spiro atoms. The van der Waals surface area contributed by atoms with Crippen LogP contribution < -0.4 is 0 Å². The highest BCUT2D eigenvalue weighted by Gasteiger charge is 2.43. The maximum absolute atomic E-state index is 9.12. The van der Waals surface area contributed by atoms with Gasteiger partial charge in [-0.2, -0.15) is 0 Å². The monoisotopic (exact) mass is 154 g/mol. The molecule has 2 aliphatic carbocycles. The van der Waals surface area contributed by atoms with E-state index >= 15 is 0 Å². The minimum Gasteiger partial charge on any atom is -0.396 e. The van der Waals surface area contributed by atoms with Gasteiger partial charge in [-0.05, 0) is 30.6 Å². The fraction of sp³-hybridized carbons (Fsp3) is 1.00. The van der Waals surface area contributed by atoms with Crippen molar-refractivity contribution in [3.8, 4) is 0 Å². The average Bonchev–Trinajstić information content (AvgIpc) is 2.59. The van der Waals surface area contributed by atoms with Crippen LogP contribution in [0, 0.1) is 11.3 Å². The number of aliphatic hydroxyl groups is 1. The maximum Gasteiger partial charge on any atom is 0.0487 e. The van der Waals surface area contributed by atoms with Crippen molar-refractivity contribution in [1.29, 1.82) is 0 Å². The Balaban J connectivity index is 1.80. The van der Waals surface area contributed by atoms with Gasteiger partial charge in [-0.1, -0.05) is 25.7 Å². The zero-order valence-electron chi connectivity index (χ0n) is 7.18. The molecule has 0 aromatic heterocycles. The van der Waals surface area contributed by atoms with Crippen LogP contribution in [0.4, 0.5) is 0 Å². The van der Waals surface area contributed by atoms with E-state index in [1.807, 2.05) is 0 Å². The molecule has 2 saturated carbocycles. The molecule has 0 heterocycles. The molecule has 2 rings (SSSR count). The first kappa shape index (κ1) is 7.60. The molecule has 2 fully saturated rings. The lowest BCUT2D eigenvalue weighted by molar-refractivity contribution is 0.184. The molecule has 1 nitrogen and oxygen atoms in total. The van der Waals surface area contributed by atoms with Crippen LogP contribution in [0.2, 0.25) is 0 Å². The topological polar surface area (TPSA) is 20.2 Å². The first-order valence-corrected chi connectivity index (χ1v) is 4.96. The van der Waals surface area contributed by atoms with Crippen LogP contribution in [0.15, 0.2) is 0 Å². The molecule has 0 atom stereocenters. The van der Waals surface area contributed by atoms with Crippen LogP contribution in [0.5, 0.6) is 0 Å². The molecule has 1 heteroatoms. The average molecular weight is 154 g/mol. The van der Waals surface area contributed by atoms with E-state index in [1.165, 1.54) is 44.9 Å². The van der Waals surface area contributed by atoms with Gasteiger partial charge in [-0.3, -0.25) is 0 Å². The van der Waals surface area contributed by atoms with Gasteiger partial charge < -0.3 is 5.11 Å². The number of hydrogen-bond acceptors (Lipinski definition) is 1. The third-order valence-electron chi connectivity index (χ3n) is 3.49. The van der Waals surface area contributed by atoms with E-state index < -0.39 is 0 Å². The summed E-state index contributed by atoms with van der Waals surface area (Å²) < 4.78 is 0. The summed E-state index contributed by atoms with van der Waals surface area (Å²) in [4.78, 5) is 0. The fourth-order valence-electron chi connectivity index (χ4n) is 2.43. The van der Waals surface area contributed by atoms with E-state index in [-0.39, 0.29) is 0 Å². The van der Waals surface area contributed by atoms with Crippen LogP contribution >= 0.6 is 0 Å². The second-order valence-electron chi connectivity index (χ2n) is 4.51. The van der Waals surface area contributed by atoms with E-state index in [0.717, 1.165) is 5.92 Å². The third kappa shape index (κ3) is 1.58. The Morgan fingerprint density at radius 1 is 1.18 bits per heavy atom. The molecule has 0 bridgehead atoms. The van der Waals surface area contributed by atoms with E-state index in [9.17, 15) is 0 Å². The summed E-state index contributed by atoms with van der Waals surface area (Å²) in [6.07, 6.45) is 9.64. The molecule has 0 saturated heterocycles. The normalized spacial score (nSPS) is 29.2. The second kappa shape index (κ2) is 2.78. The van der Waals surface area contributed by atoms with Crippen LogP contribution in [0.1, 0.15) is 44.9 Å². The number of rotatable bonds is 3. The first-order valence-electron chi connectivity index (χ1n) is 4.96. The van der Waals surface area contributed by atoms with E-state index in [4.69, 9.17) is 5.11 Å². The van der Waals surface area contributed by atoms with E-state index in [1.54, 1.807) is 0 Å². The molecule has 0 unspecified atom stereocenters. The SMILES string of the molecule is OCC1(CC2CCCC2)CC1. The van der Waals surface area contributed by atoms with Gasteiger partial charge >= 0.3 is 0 Å². The summed E-state index contributed by atoms with van der Waals surface area (Å²) in [6, 6.07) is 0. The Morgan fingerprint density at radius 3 is 2.27 bits per heavy atom. The quantitative estimate of drug-likeness (QED) is 0.661. The van der Waals surface area contributed by atoms with Gasteiger partial charge in [0.2, 0.25) is 0 Å². The highest BCUT2D eigenvalue weighted by molar-refractivity contribution is 4.94. The van der Waals surface area contributed by atoms with Crippen molar-refractivity contribution in [3.05, 3.63) is 0 Å². The largest absolute Gasteiger partial charge is 0.396 e. The lowest BCUT2D eigenvalue weighted by Gasteiger charge is -2.16. The van der Waals surface area contributed by atoms with Gasteiger partial charge in [0.05, 0.1) is 0 Å². The van der Waals surface area contributed by atoms with Crippen LogP contribution in [-0.4, -0.2) is 11.7 Å². The molecule has 0 aromatic carbocycles. The second-order valence-corrected chi connectivity index (χ2v) is 4.51. The van der Waals surface area contributed by atoms with Gasteiger partial charge in [0.15, 0.2) is 0 Å². The molecule has 0 aliphatic heterocycles. The standard InChI is InChI=1S/C10H18O/c11-8-10(5-6-10)7-9-3-1-2-4-9/h9,11H,1-8H2. The summed E-state index contributed by atoms with van der Waals surface area (Å²) in [5, 5.41) is 9.12. The summed E-state index contributed by atoms with van der Waals surface area (Å²) in [6.45, 7) is 0.448. The summed E-state index contributed by atoms with van der Waals surface area (Å²) in [5.74, 6) is 0.963. The highest BCUT2D eigenvalue weighted by atomic mass is 16.3.